The highest BCUT2D eigenvalue weighted by Gasteiger charge is 2.18. The van der Waals surface area contributed by atoms with E-state index in [0.29, 0.717) is 19.0 Å². The molecule has 7 nitrogen and oxygen atoms in total. The van der Waals surface area contributed by atoms with Crippen molar-refractivity contribution >= 4 is 5.91 Å². The molecule has 2 aromatic heterocycles. The zero-order chi connectivity index (χ0) is 17.1. The lowest BCUT2D eigenvalue weighted by Gasteiger charge is -2.22. The van der Waals surface area contributed by atoms with E-state index < -0.39 is 0 Å². The highest BCUT2D eigenvalue weighted by atomic mass is 16.1. The molecule has 1 fully saturated rings. The van der Waals surface area contributed by atoms with Crippen LogP contribution in [-0.4, -0.2) is 37.8 Å². The largest absolute Gasteiger partial charge is 0.353 e. The Morgan fingerprint density at radius 3 is 3.04 bits per heavy atom. The van der Waals surface area contributed by atoms with Crippen LogP contribution in [0.15, 0.2) is 18.5 Å². The van der Waals surface area contributed by atoms with Crippen LogP contribution in [-0.2, 0) is 24.4 Å². The lowest BCUT2D eigenvalue weighted by Crippen LogP contribution is -2.36. The molecule has 0 unspecified atom stereocenters. The van der Waals surface area contributed by atoms with Crippen LogP contribution in [0.25, 0.3) is 11.5 Å². The topological polar surface area (TPSA) is 76.8 Å². The maximum Gasteiger partial charge on any atom is 0.222 e. The van der Waals surface area contributed by atoms with Crippen molar-refractivity contribution in [1.82, 2.24) is 30.0 Å². The van der Waals surface area contributed by atoms with Gasteiger partial charge in [0.15, 0.2) is 5.82 Å². The highest BCUT2D eigenvalue weighted by molar-refractivity contribution is 5.76. The SMILES string of the molecule is O=C(CCn1ccnc1-c1cc2n(n1)CCNC2)NC1CCCCC1. The molecule has 1 aliphatic heterocycles. The van der Waals surface area contributed by atoms with Crippen LogP contribution in [0.5, 0.6) is 0 Å². The molecule has 0 aromatic carbocycles. The van der Waals surface area contributed by atoms with E-state index in [1.165, 1.54) is 25.0 Å². The highest BCUT2D eigenvalue weighted by Crippen LogP contribution is 2.20. The second-order valence-electron chi connectivity index (χ2n) is 7.02. The van der Waals surface area contributed by atoms with Crippen molar-refractivity contribution in [2.24, 2.45) is 0 Å². The summed E-state index contributed by atoms with van der Waals surface area (Å²) in [5, 5.41) is 11.2. The summed E-state index contributed by atoms with van der Waals surface area (Å²) in [5.41, 5.74) is 2.07. The van der Waals surface area contributed by atoms with Crippen molar-refractivity contribution in [3.8, 4) is 11.5 Å². The maximum absolute atomic E-state index is 12.2. The van der Waals surface area contributed by atoms with Crippen molar-refractivity contribution in [3.05, 3.63) is 24.2 Å². The molecule has 2 aliphatic rings. The lowest BCUT2D eigenvalue weighted by molar-refractivity contribution is -0.122. The van der Waals surface area contributed by atoms with Crippen molar-refractivity contribution < 1.29 is 4.79 Å². The molecular formula is C18H26N6O. The fourth-order valence-electron chi connectivity index (χ4n) is 3.79. The van der Waals surface area contributed by atoms with E-state index in [2.05, 4.69) is 26.8 Å². The van der Waals surface area contributed by atoms with Gasteiger partial charge in [0.2, 0.25) is 5.91 Å². The van der Waals surface area contributed by atoms with E-state index in [1.54, 1.807) is 6.20 Å². The molecule has 0 radical (unpaired) electrons. The molecule has 1 aliphatic carbocycles. The molecule has 2 aromatic rings. The first-order chi connectivity index (χ1) is 12.3. The minimum atomic E-state index is 0.139. The molecule has 2 N–H and O–H groups in total. The van der Waals surface area contributed by atoms with Gasteiger partial charge >= 0.3 is 0 Å². The van der Waals surface area contributed by atoms with Crippen molar-refractivity contribution in [1.29, 1.82) is 0 Å². The first kappa shape index (κ1) is 16.3. The quantitative estimate of drug-likeness (QED) is 0.867. The number of carbonyl (C=O) groups excluding carboxylic acids is 1. The van der Waals surface area contributed by atoms with Gasteiger partial charge in [0, 0.05) is 44.5 Å². The third kappa shape index (κ3) is 3.76. The summed E-state index contributed by atoms with van der Waals surface area (Å²) in [4.78, 5) is 16.7. The van der Waals surface area contributed by atoms with Crippen molar-refractivity contribution in [2.45, 2.75) is 64.2 Å². The van der Waals surface area contributed by atoms with Gasteiger partial charge in [0.05, 0.1) is 12.2 Å². The van der Waals surface area contributed by atoms with Crippen LogP contribution in [0.3, 0.4) is 0 Å². The lowest BCUT2D eigenvalue weighted by atomic mass is 9.95. The number of amides is 1. The standard InChI is InChI=1S/C18H26N6O/c25-17(21-14-4-2-1-3-5-14)6-9-23-10-8-20-18(23)16-12-15-13-19-7-11-24(15)22-16/h8,10,12,14,19H,1-7,9,11,13H2,(H,21,25). The number of nitrogens with zero attached hydrogens (tertiary/aromatic N) is 4. The van der Waals surface area contributed by atoms with Crippen LogP contribution >= 0.6 is 0 Å². The summed E-state index contributed by atoms with van der Waals surface area (Å²) in [6.07, 6.45) is 10.2. The zero-order valence-corrected chi connectivity index (χ0v) is 14.6. The Hall–Kier alpha value is -2.15. The molecule has 0 atom stereocenters. The van der Waals surface area contributed by atoms with Gasteiger partial charge in [0.25, 0.3) is 0 Å². The van der Waals surface area contributed by atoms with E-state index >= 15 is 0 Å². The predicted molar refractivity (Wildman–Crippen MR) is 94.8 cm³/mol. The molecule has 1 amide bonds. The Kier molecular flexibility index (Phi) is 4.83. The van der Waals surface area contributed by atoms with Crippen LogP contribution in [0.2, 0.25) is 0 Å². The summed E-state index contributed by atoms with van der Waals surface area (Å²) in [5.74, 6) is 0.979. The summed E-state index contributed by atoms with van der Waals surface area (Å²) in [6.45, 7) is 3.32. The Morgan fingerprint density at radius 1 is 1.32 bits per heavy atom. The number of hydrogen-bond acceptors (Lipinski definition) is 4. The second kappa shape index (κ2) is 7.39. The number of aryl methyl sites for hydroxylation is 1. The number of fused-ring (bicyclic) bond motifs is 1. The molecular weight excluding hydrogens is 316 g/mol. The number of nitrogens with one attached hydrogen (secondary N) is 2. The van der Waals surface area contributed by atoms with E-state index in [1.807, 2.05) is 15.4 Å². The molecule has 25 heavy (non-hydrogen) atoms. The number of rotatable bonds is 5. The zero-order valence-electron chi connectivity index (χ0n) is 14.6. The number of imidazole rings is 1. The summed E-state index contributed by atoms with van der Waals surface area (Å²) < 4.78 is 4.07. The van der Waals surface area contributed by atoms with E-state index in [0.717, 1.165) is 44.0 Å². The Labute approximate surface area is 147 Å². The average Bonchev–Trinajstić information content (AvgIpc) is 3.27. The molecule has 4 rings (SSSR count). The van der Waals surface area contributed by atoms with Crippen LogP contribution in [0.1, 0.15) is 44.2 Å². The van der Waals surface area contributed by atoms with Gasteiger partial charge in [-0.3, -0.25) is 9.48 Å². The molecule has 1 saturated carbocycles. The fraction of sp³-hybridized carbons (Fsp3) is 0.611. The summed E-state index contributed by atoms with van der Waals surface area (Å²) in [7, 11) is 0. The summed E-state index contributed by atoms with van der Waals surface area (Å²) >= 11 is 0. The molecule has 0 bridgehead atoms. The monoisotopic (exact) mass is 342 g/mol. The second-order valence-corrected chi connectivity index (χ2v) is 7.02. The molecule has 0 saturated heterocycles. The van der Waals surface area contributed by atoms with E-state index in [-0.39, 0.29) is 5.91 Å². The van der Waals surface area contributed by atoms with Gasteiger partial charge in [-0.05, 0) is 18.9 Å². The van der Waals surface area contributed by atoms with E-state index in [4.69, 9.17) is 0 Å². The Bertz CT molecular complexity index is 704. The van der Waals surface area contributed by atoms with Gasteiger partial charge < -0.3 is 15.2 Å². The minimum Gasteiger partial charge on any atom is -0.353 e. The first-order valence-electron chi connectivity index (χ1n) is 9.38. The van der Waals surface area contributed by atoms with Crippen LogP contribution in [0, 0.1) is 0 Å². The molecule has 134 valence electrons. The van der Waals surface area contributed by atoms with Crippen LogP contribution < -0.4 is 10.6 Å². The van der Waals surface area contributed by atoms with Crippen molar-refractivity contribution in [2.75, 3.05) is 6.54 Å². The smallest absolute Gasteiger partial charge is 0.222 e. The third-order valence-electron chi connectivity index (χ3n) is 5.16. The van der Waals surface area contributed by atoms with E-state index in [9.17, 15) is 4.79 Å². The molecule has 7 heteroatoms. The predicted octanol–water partition coefficient (Wildman–Crippen LogP) is 1.69. The summed E-state index contributed by atoms with van der Waals surface area (Å²) in [6, 6.07) is 2.46. The van der Waals surface area contributed by atoms with Gasteiger partial charge in [-0.15, -0.1) is 0 Å². The number of aromatic nitrogens is 4. The number of carbonyl (C=O) groups is 1. The van der Waals surface area contributed by atoms with Gasteiger partial charge in [-0.2, -0.15) is 5.10 Å². The number of hydrogen-bond donors (Lipinski definition) is 2. The normalized spacial score (nSPS) is 18.1. The van der Waals surface area contributed by atoms with Gasteiger partial charge in [-0.25, -0.2) is 4.98 Å². The van der Waals surface area contributed by atoms with Crippen LogP contribution in [0.4, 0.5) is 0 Å². The average molecular weight is 342 g/mol. The molecule has 3 heterocycles. The Balaban J connectivity index is 1.38. The first-order valence-corrected chi connectivity index (χ1v) is 9.38. The maximum atomic E-state index is 12.2. The van der Waals surface area contributed by atoms with Gasteiger partial charge in [-0.1, -0.05) is 19.3 Å². The fourth-order valence-corrected chi connectivity index (χ4v) is 3.79. The Morgan fingerprint density at radius 2 is 2.20 bits per heavy atom. The minimum absolute atomic E-state index is 0.139. The molecule has 0 spiro atoms. The van der Waals surface area contributed by atoms with Gasteiger partial charge in [0.1, 0.15) is 5.69 Å². The third-order valence-corrected chi connectivity index (χ3v) is 5.16. The van der Waals surface area contributed by atoms with Crippen molar-refractivity contribution in [3.63, 3.8) is 0 Å².